The monoisotopic (exact) mass is 466 g/mol. The Morgan fingerprint density at radius 3 is 2.53 bits per heavy atom. The van der Waals surface area contributed by atoms with Crippen LogP contribution < -0.4 is 0 Å². The average molecular weight is 467 g/mol. The number of aromatic nitrogens is 3. The molecule has 2 aromatic heterocycles. The first-order valence-electron chi connectivity index (χ1n) is 9.47. The zero-order valence-corrected chi connectivity index (χ0v) is 17.6. The molecule has 3 aromatic rings. The zero-order chi connectivity index (χ0) is 21.1. The van der Waals surface area contributed by atoms with E-state index in [1.165, 1.54) is 4.90 Å². The number of aryl methyl sites for hydroxylation is 1. The molecule has 8 heteroatoms. The van der Waals surface area contributed by atoms with Crippen molar-refractivity contribution < 1.29 is 14.7 Å². The molecular formula is C22H19BrN4O3. The van der Waals surface area contributed by atoms with Crippen LogP contribution in [0.4, 0.5) is 0 Å². The molecule has 0 spiro atoms. The summed E-state index contributed by atoms with van der Waals surface area (Å²) in [4.78, 5) is 35.6. The van der Waals surface area contributed by atoms with Gasteiger partial charge in [-0.2, -0.15) is 0 Å². The van der Waals surface area contributed by atoms with E-state index in [-0.39, 0.29) is 11.3 Å². The third kappa shape index (κ3) is 3.91. The number of hydrogen-bond acceptors (Lipinski definition) is 5. The molecular weight excluding hydrogens is 448 g/mol. The number of Topliss-reactive ketones (excluding diaryl/α,β-unsaturated/α-hetero) is 1. The van der Waals surface area contributed by atoms with Crippen molar-refractivity contribution in [2.24, 2.45) is 0 Å². The van der Waals surface area contributed by atoms with E-state index in [4.69, 9.17) is 0 Å². The molecule has 1 amide bonds. The lowest BCUT2D eigenvalue weighted by atomic mass is 9.98. The molecule has 7 nitrogen and oxygen atoms in total. The van der Waals surface area contributed by atoms with Gasteiger partial charge in [0.05, 0.1) is 17.6 Å². The number of halogens is 1. The van der Waals surface area contributed by atoms with Crippen LogP contribution in [0.1, 0.15) is 23.7 Å². The Morgan fingerprint density at radius 2 is 1.87 bits per heavy atom. The van der Waals surface area contributed by atoms with E-state index in [0.29, 0.717) is 30.8 Å². The fraction of sp³-hybridized carbons (Fsp3) is 0.182. The number of likely N-dealkylation sites (tertiary alicyclic amines) is 1. The molecule has 30 heavy (non-hydrogen) atoms. The van der Waals surface area contributed by atoms with Crippen molar-refractivity contribution in [1.29, 1.82) is 0 Å². The van der Waals surface area contributed by atoms with Crippen molar-refractivity contribution in [2.45, 2.75) is 19.0 Å². The summed E-state index contributed by atoms with van der Waals surface area (Å²) >= 11 is 3.36. The van der Waals surface area contributed by atoms with Crippen molar-refractivity contribution in [1.82, 2.24) is 19.4 Å². The molecule has 0 saturated carbocycles. The van der Waals surface area contributed by atoms with Crippen molar-refractivity contribution in [3.05, 3.63) is 88.7 Å². The summed E-state index contributed by atoms with van der Waals surface area (Å²) in [6.07, 6.45) is 7.49. The van der Waals surface area contributed by atoms with Gasteiger partial charge in [0.2, 0.25) is 0 Å². The Labute approximate surface area is 181 Å². The van der Waals surface area contributed by atoms with Crippen LogP contribution in [-0.4, -0.2) is 42.8 Å². The number of hydrogen-bond donors (Lipinski definition) is 1. The van der Waals surface area contributed by atoms with Crippen LogP contribution in [0.5, 0.6) is 0 Å². The van der Waals surface area contributed by atoms with Gasteiger partial charge >= 0.3 is 0 Å². The van der Waals surface area contributed by atoms with Gasteiger partial charge in [-0.3, -0.25) is 14.6 Å². The van der Waals surface area contributed by atoms with Crippen molar-refractivity contribution >= 4 is 33.4 Å². The number of rotatable bonds is 6. The standard InChI is InChI=1S/C22H19BrN4O3/c23-16-7-5-15(6-8-16)20(28)18-19(17-4-1-2-9-25-17)27(22(30)21(18)29)12-3-11-26-13-10-24-14-26/h1-2,4-10,13-14,19,28H,3,11-12H2/t19-/m0/s1. The van der Waals surface area contributed by atoms with Gasteiger partial charge in [0.15, 0.2) is 0 Å². The number of aliphatic hydroxyl groups excluding tert-OH is 1. The highest BCUT2D eigenvalue weighted by Gasteiger charge is 2.46. The van der Waals surface area contributed by atoms with Crippen molar-refractivity contribution in [3.63, 3.8) is 0 Å². The lowest BCUT2D eigenvalue weighted by molar-refractivity contribution is -0.140. The summed E-state index contributed by atoms with van der Waals surface area (Å²) in [5.74, 6) is -1.53. The van der Waals surface area contributed by atoms with Gasteiger partial charge in [-0.1, -0.05) is 34.1 Å². The summed E-state index contributed by atoms with van der Waals surface area (Å²) in [5, 5.41) is 10.9. The van der Waals surface area contributed by atoms with Crippen molar-refractivity contribution in [2.75, 3.05) is 6.54 Å². The van der Waals surface area contributed by atoms with Crippen LogP contribution in [0.3, 0.4) is 0 Å². The van der Waals surface area contributed by atoms with Crippen LogP contribution in [0.15, 0.2) is 77.4 Å². The third-order valence-electron chi connectivity index (χ3n) is 5.00. The molecule has 1 aromatic carbocycles. The molecule has 1 fully saturated rings. The lowest BCUT2D eigenvalue weighted by Crippen LogP contribution is -2.31. The Hall–Kier alpha value is -3.26. The number of ketones is 1. The SMILES string of the molecule is O=C1C(=O)N(CCCn2ccnc2)[C@@H](c2ccccn2)C1=C(O)c1ccc(Br)cc1. The number of pyridine rings is 1. The molecule has 152 valence electrons. The second kappa shape index (κ2) is 8.62. The molecule has 1 saturated heterocycles. The van der Waals surface area contributed by atoms with Crippen LogP contribution in [-0.2, 0) is 16.1 Å². The summed E-state index contributed by atoms with van der Waals surface area (Å²) < 4.78 is 2.76. The first-order chi connectivity index (χ1) is 14.6. The highest BCUT2D eigenvalue weighted by atomic mass is 79.9. The maximum Gasteiger partial charge on any atom is 0.295 e. The van der Waals surface area contributed by atoms with E-state index >= 15 is 0 Å². The quantitative estimate of drug-likeness (QED) is 0.340. The number of nitrogens with zero attached hydrogens (tertiary/aromatic N) is 4. The largest absolute Gasteiger partial charge is 0.507 e. The number of carbonyl (C=O) groups is 2. The number of aliphatic hydroxyl groups is 1. The fourth-order valence-corrected chi connectivity index (χ4v) is 3.83. The second-order valence-corrected chi connectivity index (χ2v) is 7.82. The fourth-order valence-electron chi connectivity index (χ4n) is 3.56. The van der Waals surface area contributed by atoms with Crippen LogP contribution in [0, 0.1) is 0 Å². The van der Waals surface area contributed by atoms with Crippen molar-refractivity contribution in [3.8, 4) is 0 Å². The molecule has 0 bridgehead atoms. The Bertz CT molecular complexity index is 1080. The highest BCUT2D eigenvalue weighted by Crippen LogP contribution is 2.38. The van der Waals surface area contributed by atoms with Crippen LogP contribution >= 0.6 is 15.9 Å². The smallest absolute Gasteiger partial charge is 0.295 e. The summed E-state index contributed by atoms with van der Waals surface area (Å²) in [6, 6.07) is 11.5. The van der Waals surface area contributed by atoms with Gasteiger partial charge in [0.25, 0.3) is 11.7 Å². The third-order valence-corrected chi connectivity index (χ3v) is 5.53. The molecule has 0 radical (unpaired) electrons. The van der Waals surface area contributed by atoms with Gasteiger partial charge in [-0.15, -0.1) is 0 Å². The minimum absolute atomic E-state index is 0.0589. The first kappa shape index (κ1) is 20.0. The topological polar surface area (TPSA) is 88.3 Å². The highest BCUT2D eigenvalue weighted by molar-refractivity contribution is 9.10. The van der Waals surface area contributed by atoms with E-state index in [0.717, 1.165) is 4.47 Å². The molecule has 1 N–H and O–H groups in total. The van der Waals surface area contributed by atoms with E-state index in [1.807, 2.05) is 10.8 Å². The predicted octanol–water partition coefficient (Wildman–Crippen LogP) is 3.55. The van der Waals surface area contributed by atoms with E-state index in [9.17, 15) is 14.7 Å². The minimum Gasteiger partial charge on any atom is -0.507 e. The van der Waals surface area contributed by atoms with E-state index in [2.05, 4.69) is 25.9 Å². The molecule has 3 heterocycles. The molecule has 4 rings (SSSR count). The molecule has 1 aliphatic rings. The summed E-state index contributed by atoms with van der Waals surface area (Å²) in [7, 11) is 0. The number of imidazole rings is 1. The average Bonchev–Trinajstić information content (AvgIpc) is 3.37. The van der Waals surface area contributed by atoms with Gasteiger partial charge in [0.1, 0.15) is 11.8 Å². The van der Waals surface area contributed by atoms with Gasteiger partial charge in [0, 0.05) is 41.7 Å². The Kier molecular flexibility index (Phi) is 5.76. The maximum absolute atomic E-state index is 12.9. The van der Waals surface area contributed by atoms with Gasteiger partial charge < -0.3 is 14.6 Å². The molecule has 1 aliphatic heterocycles. The molecule has 0 aliphatic carbocycles. The zero-order valence-electron chi connectivity index (χ0n) is 16.0. The van der Waals surface area contributed by atoms with Gasteiger partial charge in [-0.25, -0.2) is 4.98 Å². The Balaban J connectivity index is 1.71. The number of amides is 1. The normalized spacial score (nSPS) is 18.2. The van der Waals surface area contributed by atoms with E-state index in [1.54, 1.807) is 61.2 Å². The summed E-state index contributed by atoms with van der Waals surface area (Å²) in [5.41, 5.74) is 1.07. The van der Waals surface area contributed by atoms with E-state index < -0.39 is 17.7 Å². The first-order valence-corrected chi connectivity index (χ1v) is 10.3. The van der Waals surface area contributed by atoms with Crippen LogP contribution in [0.25, 0.3) is 5.76 Å². The van der Waals surface area contributed by atoms with Gasteiger partial charge in [-0.05, 0) is 30.7 Å². The number of carbonyl (C=O) groups excluding carboxylic acids is 2. The number of benzene rings is 1. The maximum atomic E-state index is 12.9. The lowest BCUT2D eigenvalue weighted by Gasteiger charge is -2.24. The second-order valence-electron chi connectivity index (χ2n) is 6.91. The summed E-state index contributed by atoms with van der Waals surface area (Å²) in [6.45, 7) is 1.01. The molecule has 1 atom stereocenters. The minimum atomic E-state index is -0.738. The predicted molar refractivity (Wildman–Crippen MR) is 114 cm³/mol. The van der Waals surface area contributed by atoms with Crippen LogP contribution in [0.2, 0.25) is 0 Å². The Morgan fingerprint density at radius 1 is 1.07 bits per heavy atom. The molecule has 0 unspecified atom stereocenters.